The first-order valence-corrected chi connectivity index (χ1v) is 11.1. The maximum absolute atomic E-state index is 11.4. The topological polar surface area (TPSA) is 107 Å². The standard InChI is InChI=1S/C10H11ClINO2.C10H11IN2O/c1-10(2,3)7-6(12)4-5(9(14)15)8(11)13-7;1-10(2,3)8-7(11)4-6(5-12)9(14)13-8/h4H,1-3H3,(H,14,15);4H,1-3H3,(H,13,14). The highest BCUT2D eigenvalue weighted by Gasteiger charge is 2.22. The number of pyridine rings is 2. The summed E-state index contributed by atoms with van der Waals surface area (Å²) in [6.45, 7) is 12.1. The fourth-order valence-corrected chi connectivity index (χ4v) is 4.99. The number of carbonyl (C=O) groups is 1. The third-order valence-electron chi connectivity index (χ3n) is 3.73. The van der Waals surface area contributed by atoms with Crippen molar-refractivity contribution in [3.05, 3.63) is 57.3 Å². The van der Waals surface area contributed by atoms with Crippen molar-refractivity contribution in [1.82, 2.24) is 9.97 Å². The zero-order chi connectivity index (χ0) is 22.7. The minimum atomic E-state index is -1.05. The van der Waals surface area contributed by atoms with Crippen LogP contribution in [0.5, 0.6) is 0 Å². The summed E-state index contributed by atoms with van der Waals surface area (Å²) in [6.07, 6.45) is 0. The Morgan fingerprint density at radius 1 is 1.14 bits per heavy atom. The largest absolute Gasteiger partial charge is 0.478 e. The minimum absolute atomic E-state index is 0.0489. The van der Waals surface area contributed by atoms with Crippen LogP contribution < -0.4 is 5.56 Å². The van der Waals surface area contributed by atoms with Gasteiger partial charge in [-0.15, -0.1) is 0 Å². The molecule has 0 aliphatic rings. The van der Waals surface area contributed by atoms with Crippen molar-refractivity contribution in [3.63, 3.8) is 0 Å². The molecule has 0 aliphatic heterocycles. The van der Waals surface area contributed by atoms with Gasteiger partial charge < -0.3 is 10.1 Å². The molecule has 2 aromatic heterocycles. The minimum Gasteiger partial charge on any atom is -0.478 e. The second-order valence-electron chi connectivity index (χ2n) is 8.31. The van der Waals surface area contributed by atoms with Crippen molar-refractivity contribution in [2.75, 3.05) is 0 Å². The van der Waals surface area contributed by atoms with E-state index in [0.717, 1.165) is 18.5 Å². The molecular weight excluding hydrogens is 619 g/mol. The Morgan fingerprint density at radius 3 is 2.10 bits per heavy atom. The quantitative estimate of drug-likeness (QED) is 0.317. The van der Waals surface area contributed by atoms with E-state index in [2.05, 4.69) is 55.1 Å². The summed E-state index contributed by atoms with van der Waals surface area (Å²) in [6, 6.07) is 5.05. The van der Waals surface area contributed by atoms with E-state index < -0.39 is 5.97 Å². The Bertz CT molecular complexity index is 1030. The number of aromatic carboxylic acids is 1. The molecule has 2 N–H and O–H groups in total. The molecule has 0 fully saturated rings. The van der Waals surface area contributed by atoms with Gasteiger partial charge in [-0.1, -0.05) is 53.1 Å². The lowest BCUT2D eigenvalue weighted by Gasteiger charge is -2.20. The Kier molecular flexibility index (Phi) is 8.69. The number of nitrogens with one attached hydrogen (secondary N) is 1. The van der Waals surface area contributed by atoms with Crippen LogP contribution in [0.1, 0.15) is 68.9 Å². The lowest BCUT2D eigenvalue weighted by molar-refractivity contribution is 0.0696. The van der Waals surface area contributed by atoms with Gasteiger partial charge in [-0.2, -0.15) is 5.26 Å². The molecule has 0 radical (unpaired) electrons. The van der Waals surface area contributed by atoms with Crippen molar-refractivity contribution in [1.29, 1.82) is 5.26 Å². The Hall–Kier alpha value is -1.19. The van der Waals surface area contributed by atoms with Gasteiger partial charge >= 0.3 is 5.97 Å². The summed E-state index contributed by atoms with van der Waals surface area (Å²) in [5, 5.41) is 17.6. The molecule has 2 aromatic rings. The maximum Gasteiger partial charge on any atom is 0.338 e. The molecule has 0 saturated heterocycles. The fraction of sp³-hybridized carbons (Fsp3) is 0.400. The van der Waals surface area contributed by atoms with Gasteiger partial charge in [-0.05, 0) is 57.3 Å². The van der Waals surface area contributed by atoms with E-state index in [1.165, 1.54) is 0 Å². The normalized spacial score (nSPS) is 11.3. The third-order valence-corrected chi connectivity index (χ3v) is 5.70. The van der Waals surface area contributed by atoms with Gasteiger partial charge in [0.25, 0.3) is 5.56 Å². The molecule has 29 heavy (non-hydrogen) atoms. The smallest absolute Gasteiger partial charge is 0.338 e. The SMILES string of the molecule is CC(C)(C)c1[nH]c(=O)c(C#N)cc1I.CC(C)(C)c1nc(Cl)c(C(=O)O)cc1I. The summed E-state index contributed by atoms with van der Waals surface area (Å²) in [5.41, 5.74) is 1.36. The monoisotopic (exact) mass is 641 g/mol. The maximum atomic E-state index is 11.4. The molecule has 2 heterocycles. The number of aromatic nitrogens is 2. The van der Waals surface area contributed by atoms with Crippen LogP contribution >= 0.6 is 56.8 Å². The lowest BCUT2D eigenvalue weighted by Crippen LogP contribution is -2.22. The van der Waals surface area contributed by atoms with Crippen molar-refractivity contribution in [3.8, 4) is 6.07 Å². The number of rotatable bonds is 1. The molecule has 2 rings (SSSR count). The molecule has 0 aliphatic carbocycles. The summed E-state index contributed by atoms with van der Waals surface area (Å²) in [5.74, 6) is -1.05. The Morgan fingerprint density at radius 2 is 1.69 bits per heavy atom. The van der Waals surface area contributed by atoms with E-state index in [1.807, 2.05) is 47.6 Å². The van der Waals surface area contributed by atoms with Crippen molar-refractivity contribution < 1.29 is 9.90 Å². The number of hydrogen-bond donors (Lipinski definition) is 2. The molecule has 0 spiro atoms. The predicted octanol–water partition coefficient (Wildman–Crippen LogP) is 5.48. The molecule has 156 valence electrons. The molecular formula is C20H22ClI2N3O3. The molecule has 0 bridgehead atoms. The number of carboxylic acids is 1. The van der Waals surface area contributed by atoms with Gasteiger partial charge in [0.2, 0.25) is 0 Å². The average molecular weight is 642 g/mol. The van der Waals surface area contributed by atoms with Gasteiger partial charge in [-0.3, -0.25) is 4.79 Å². The molecule has 0 unspecified atom stereocenters. The number of carboxylic acid groups (broad SMARTS) is 1. The summed E-state index contributed by atoms with van der Waals surface area (Å²) in [7, 11) is 0. The zero-order valence-corrected chi connectivity index (χ0v) is 22.0. The average Bonchev–Trinajstić information content (AvgIpc) is 2.56. The number of aromatic amines is 1. The van der Waals surface area contributed by atoms with Gasteiger partial charge in [0.15, 0.2) is 0 Å². The number of nitrogens with zero attached hydrogens (tertiary/aromatic N) is 2. The number of nitriles is 1. The van der Waals surface area contributed by atoms with Gasteiger partial charge in [0.05, 0.1) is 11.3 Å². The zero-order valence-electron chi connectivity index (χ0n) is 16.9. The van der Waals surface area contributed by atoms with Crippen LogP contribution in [0.25, 0.3) is 0 Å². The Balaban J connectivity index is 0.000000291. The van der Waals surface area contributed by atoms with Crippen LogP contribution in [0.4, 0.5) is 0 Å². The van der Waals surface area contributed by atoms with Gasteiger partial charge in [0, 0.05) is 23.7 Å². The summed E-state index contributed by atoms with van der Waals surface area (Å²) < 4.78 is 1.74. The first-order chi connectivity index (χ1) is 13.1. The van der Waals surface area contributed by atoms with Crippen LogP contribution in [0.2, 0.25) is 5.15 Å². The van der Waals surface area contributed by atoms with Crippen molar-refractivity contribution in [2.24, 2.45) is 0 Å². The van der Waals surface area contributed by atoms with E-state index in [-0.39, 0.29) is 32.7 Å². The second kappa shape index (κ2) is 9.75. The predicted molar refractivity (Wildman–Crippen MR) is 131 cm³/mol. The van der Waals surface area contributed by atoms with Crippen LogP contribution in [0.15, 0.2) is 16.9 Å². The molecule has 0 atom stereocenters. The van der Waals surface area contributed by atoms with E-state index in [4.69, 9.17) is 22.0 Å². The Labute approximate surface area is 202 Å². The highest BCUT2D eigenvalue weighted by atomic mass is 127. The summed E-state index contributed by atoms with van der Waals surface area (Å²) in [4.78, 5) is 29.1. The van der Waals surface area contributed by atoms with Crippen LogP contribution in [0.3, 0.4) is 0 Å². The van der Waals surface area contributed by atoms with E-state index in [0.29, 0.717) is 0 Å². The lowest BCUT2D eigenvalue weighted by atomic mass is 9.91. The molecule has 6 nitrogen and oxygen atoms in total. The molecule has 0 aromatic carbocycles. The van der Waals surface area contributed by atoms with Crippen LogP contribution in [0, 0.1) is 18.5 Å². The number of hydrogen-bond acceptors (Lipinski definition) is 4. The first-order valence-electron chi connectivity index (χ1n) is 8.52. The van der Waals surface area contributed by atoms with Gasteiger partial charge in [-0.25, -0.2) is 9.78 Å². The van der Waals surface area contributed by atoms with E-state index in [9.17, 15) is 9.59 Å². The second-order valence-corrected chi connectivity index (χ2v) is 11.0. The third kappa shape index (κ3) is 6.93. The fourth-order valence-electron chi connectivity index (χ4n) is 2.28. The number of H-pyrrole nitrogens is 1. The van der Waals surface area contributed by atoms with Crippen LogP contribution in [-0.2, 0) is 10.8 Å². The number of halogens is 3. The highest BCUT2D eigenvalue weighted by Crippen LogP contribution is 2.28. The molecule has 9 heteroatoms. The van der Waals surface area contributed by atoms with Crippen molar-refractivity contribution in [2.45, 2.75) is 52.4 Å². The van der Waals surface area contributed by atoms with Crippen LogP contribution in [-0.4, -0.2) is 21.0 Å². The molecule has 0 saturated carbocycles. The highest BCUT2D eigenvalue weighted by molar-refractivity contribution is 14.1. The summed E-state index contributed by atoms with van der Waals surface area (Å²) >= 11 is 10.0. The van der Waals surface area contributed by atoms with E-state index >= 15 is 0 Å². The van der Waals surface area contributed by atoms with Crippen molar-refractivity contribution >= 4 is 62.8 Å². The van der Waals surface area contributed by atoms with E-state index in [1.54, 1.807) is 12.1 Å². The first kappa shape index (κ1) is 25.8. The van der Waals surface area contributed by atoms with Gasteiger partial charge in [0.1, 0.15) is 16.8 Å². The molecule has 0 amide bonds.